The topological polar surface area (TPSA) is 78.9 Å². The summed E-state index contributed by atoms with van der Waals surface area (Å²) >= 11 is 11.9. The minimum absolute atomic E-state index is 0.122. The molecule has 0 radical (unpaired) electrons. The van der Waals surface area contributed by atoms with Crippen molar-refractivity contribution in [3.05, 3.63) is 28.2 Å². The molecule has 138 valence electrons. The highest BCUT2D eigenvalue weighted by molar-refractivity contribution is 6.34. The second-order valence-corrected chi connectivity index (χ2v) is 7.16. The minimum atomic E-state index is -1.04. The lowest BCUT2D eigenvalue weighted by atomic mass is 9.95. The summed E-state index contributed by atoms with van der Waals surface area (Å²) in [5.41, 5.74) is -0.913. The molecule has 1 fully saturated rings. The number of hydrogen-bond donors (Lipinski definition) is 2. The van der Waals surface area contributed by atoms with Crippen LogP contribution in [0.5, 0.6) is 5.75 Å². The number of hydrogen-bond acceptors (Lipinski definition) is 4. The van der Waals surface area contributed by atoms with Gasteiger partial charge in [-0.25, -0.2) is 4.79 Å². The second-order valence-electron chi connectivity index (χ2n) is 6.32. The zero-order chi connectivity index (χ0) is 18.6. The number of halogens is 2. The molecule has 1 aliphatic heterocycles. The Morgan fingerprint density at radius 3 is 2.76 bits per heavy atom. The van der Waals surface area contributed by atoms with Crippen molar-refractivity contribution in [1.29, 1.82) is 0 Å². The van der Waals surface area contributed by atoms with Crippen molar-refractivity contribution in [2.24, 2.45) is 0 Å². The van der Waals surface area contributed by atoms with Gasteiger partial charge >= 0.3 is 6.03 Å². The van der Waals surface area contributed by atoms with Crippen molar-refractivity contribution in [2.75, 3.05) is 13.2 Å². The molecule has 2 rings (SSSR count). The van der Waals surface area contributed by atoms with Crippen LogP contribution < -0.4 is 10.1 Å². The Bertz CT molecular complexity index is 656. The van der Waals surface area contributed by atoms with Crippen LogP contribution in [-0.2, 0) is 4.79 Å². The Labute approximate surface area is 157 Å². The first-order chi connectivity index (χ1) is 11.8. The highest BCUT2D eigenvalue weighted by atomic mass is 35.5. The molecular weight excluding hydrogens is 367 g/mol. The molecule has 0 aliphatic carbocycles. The van der Waals surface area contributed by atoms with Crippen LogP contribution in [0, 0.1) is 0 Å². The number of benzene rings is 1. The Morgan fingerprint density at radius 1 is 1.36 bits per heavy atom. The Balaban J connectivity index is 1.93. The van der Waals surface area contributed by atoms with Crippen LogP contribution in [0.2, 0.25) is 10.0 Å². The van der Waals surface area contributed by atoms with Crippen LogP contribution >= 0.6 is 23.2 Å². The first kappa shape index (κ1) is 19.8. The number of rotatable bonds is 8. The number of aliphatic hydroxyl groups excluding tert-OH is 1. The smallest absolute Gasteiger partial charge is 0.325 e. The molecule has 0 saturated carbocycles. The van der Waals surface area contributed by atoms with Gasteiger partial charge in [0.15, 0.2) is 0 Å². The second kappa shape index (κ2) is 8.25. The van der Waals surface area contributed by atoms with Crippen LogP contribution in [0.4, 0.5) is 4.79 Å². The lowest BCUT2D eigenvalue weighted by Crippen LogP contribution is -2.44. The maximum atomic E-state index is 12.5. The molecule has 6 nitrogen and oxygen atoms in total. The molecular formula is C17H22Cl2N2O4. The maximum absolute atomic E-state index is 12.5. The van der Waals surface area contributed by atoms with Gasteiger partial charge in [0.2, 0.25) is 0 Å². The first-order valence-electron chi connectivity index (χ1n) is 8.17. The van der Waals surface area contributed by atoms with Crippen molar-refractivity contribution < 1.29 is 19.4 Å². The number of aliphatic hydroxyl groups is 1. The van der Waals surface area contributed by atoms with Crippen LogP contribution in [0.25, 0.3) is 0 Å². The normalized spacial score (nSPS) is 21.4. The summed E-state index contributed by atoms with van der Waals surface area (Å²) in [5.74, 6) is 0.00369. The van der Waals surface area contributed by atoms with Gasteiger partial charge in [0.25, 0.3) is 5.91 Å². The summed E-state index contributed by atoms with van der Waals surface area (Å²) in [6.07, 6.45) is 1.28. The van der Waals surface area contributed by atoms with E-state index in [0.717, 1.165) is 17.7 Å². The van der Waals surface area contributed by atoms with E-state index in [-0.39, 0.29) is 19.1 Å². The summed E-state index contributed by atoms with van der Waals surface area (Å²) < 4.78 is 5.44. The third-order valence-electron chi connectivity index (χ3n) is 4.09. The van der Waals surface area contributed by atoms with Crippen LogP contribution in [0.3, 0.4) is 0 Å². The summed E-state index contributed by atoms with van der Waals surface area (Å²) in [6.45, 7) is 3.45. The Morgan fingerprint density at radius 2 is 2.08 bits per heavy atom. The molecule has 3 amide bonds. The molecule has 1 aromatic carbocycles. The molecule has 1 heterocycles. The molecule has 2 unspecified atom stereocenters. The molecule has 1 aromatic rings. The van der Waals surface area contributed by atoms with E-state index in [1.54, 1.807) is 19.1 Å². The quantitative estimate of drug-likeness (QED) is 0.670. The molecule has 1 aliphatic rings. The number of imide groups is 1. The Kier molecular flexibility index (Phi) is 6.54. The van der Waals surface area contributed by atoms with Crippen molar-refractivity contribution >= 4 is 35.1 Å². The lowest BCUT2D eigenvalue weighted by molar-refractivity contribution is -0.132. The number of carbonyl (C=O) groups excluding carboxylic acids is 2. The average Bonchev–Trinajstić information content (AvgIpc) is 2.77. The third-order valence-corrected chi connectivity index (χ3v) is 4.64. The number of unbranched alkanes of at least 4 members (excludes halogenated alkanes) is 1. The molecule has 1 saturated heterocycles. The zero-order valence-electron chi connectivity index (χ0n) is 14.2. The first-order valence-corrected chi connectivity index (χ1v) is 8.92. The largest absolute Gasteiger partial charge is 0.489 e. The van der Waals surface area contributed by atoms with Gasteiger partial charge in [-0.2, -0.15) is 0 Å². The summed E-state index contributed by atoms with van der Waals surface area (Å²) in [7, 11) is 0. The van der Waals surface area contributed by atoms with E-state index in [0.29, 0.717) is 22.2 Å². The van der Waals surface area contributed by atoms with Crippen molar-refractivity contribution in [2.45, 2.75) is 44.8 Å². The number of urea groups is 1. The van der Waals surface area contributed by atoms with Crippen LogP contribution in [-0.4, -0.2) is 46.7 Å². The van der Waals surface area contributed by atoms with Crippen molar-refractivity contribution in [3.63, 3.8) is 0 Å². The van der Waals surface area contributed by atoms with Crippen LogP contribution in [0.15, 0.2) is 18.2 Å². The average molecular weight is 389 g/mol. The highest BCUT2D eigenvalue weighted by Gasteiger charge is 2.47. The van der Waals surface area contributed by atoms with Gasteiger partial charge in [0.05, 0.1) is 11.6 Å². The molecule has 25 heavy (non-hydrogen) atoms. The van der Waals surface area contributed by atoms with Crippen molar-refractivity contribution in [3.8, 4) is 5.75 Å². The summed E-state index contributed by atoms with van der Waals surface area (Å²) in [6, 6.07) is 4.25. The maximum Gasteiger partial charge on any atom is 0.325 e. The van der Waals surface area contributed by atoms with Crippen LogP contribution in [0.1, 0.15) is 33.1 Å². The van der Waals surface area contributed by atoms with E-state index < -0.39 is 17.7 Å². The van der Waals surface area contributed by atoms with E-state index in [1.807, 2.05) is 6.92 Å². The monoisotopic (exact) mass is 388 g/mol. The number of ether oxygens (including phenoxy) is 1. The number of nitrogens with zero attached hydrogens (tertiary/aromatic N) is 1. The fourth-order valence-corrected chi connectivity index (χ4v) is 2.98. The fourth-order valence-electron chi connectivity index (χ4n) is 2.65. The number of nitrogens with one attached hydrogen (secondary N) is 1. The van der Waals surface area contributed by atoms with Crippen molar-refractivity contribution in [1.82, 2.24) is 10.2 Å². The fraction of sp³-hybridized carbons (Fsp3) is 0.529. The summed E-state index contributed by atoms with van der Waals surface area (Å²) in [5, 5.41) is 13.7. The van der Waals surface area contributed by atoms with E-state index in [2.05, 4.69) is 5.32 Å². The molecule has 0 spiro atoms. The molecule has 0 bridgehead atoms. The molecule has 2 N–H and O–H groups in total. The van der Waals surface area contributed by atoms with Gasteiger partial charge in [-0.1, -0.05) is 43.0 Å². The van der Waals surface area contributed by atoms with Gasteiger partial charge in [-0.3, -0.25) is 9.69 Å². The van der Waals surface area contributed by atoms with E-state index in [9.17, 15) is 14.7 Å². The molecule has 8 heteroatoms. The summed E-state index contributed by atoms with van der Waals surface area (Å²) in [4.78, 5) is 25.6. The molecule has 2 atom stereocenters. The predicted molar refractivity (Wildman–Crippen MR) is 96.1 cm³/mol. The standard InChI is InChI=1S/C17H22Cl2N2O4/c1-3-4-7-17(2)15(23)21(16(24)20-17)9-12(22)10-25-14-8-11(18)5-6-13(14)19/h5-6,8,12,22H,3-4,7,9-10H2,1-2H3,(H,20,24). The number of β-amino-alcohol motifs (C(OH)–C–C–N with tert-alkyl or cyclic N) is 1. The third kappa shape index (κ3) is 4.77. The van der Waals surface area contributed by atoms with Gasteiger partial charge in [-0.05, 0) is 25.5 Å². The lowest BCUT2D eigenvalue weighted by Gasteiger charge is -2.22. The predicted octanol–water partition coefficient (Wildman–Crippen LogP) is 3.23. The van der Waals surface area contributed by atoms with Gasteiger partial charge in [-0.15, -0.1) is 0 Å². The van der Waals surface area contributed by atoms with E-state index >= 15 is 0 Å². The zero-order valence-corrected chi connectivity index (χ0v) is 15.7. The minimum Gasteiger partial charge on any atom is -0.489 e. The highest BCUT2D eigenvalue weighted by Crippen LogP contribution is 2.28. The van der Waals surface area contributed by atoms with E-state index in [1.165, 1.54) is 6.07 Å². The Hall–Kier alpha value is -1.50. The molecule has 0 aromatic heterocycles. The van der Waals surface area contributed by atoms with Gasteiger partial charge in [0.1, 0.15) is 24.0 Å². The van der Waals surface area contributed by atoms with Gasteiger partial charge in [0, 0.05) is 11.1 Å². The van der Waals surface area contributed by atoms with Gasteiger partial charge < -0.3 is 15.2 Å². The number of amides is 3. The SMILES string of the molecule is CCCCC1(C)NC(=O)N(CC(O)COc2cc(Cl)ccc2Cl)C1=O. The van der Waals surface area contributed by atoms with E-state index in [4.69, 9.17) is 27.9 Å². The number of carbonyl (C=O) groups is 2.